The van der Waals surface area contributed by atoms with Crippen LogP contribution in [0.3, 0.4) is 0 Å². The highest BCUT2D eigenvalue weighted by Gasteiger charge is 2.14. The Hall–Kier alpha value is -2.56. The van der Waals surface area contributed by atoms with Crippen molar-refractivity contribution in [1.82, 2.24) is 4.98 Å². The third-order valence-electron chi connectivity index (χ3n) is 3.13. The van der Waals surface area contributed by atoms with Gasteiger partial charge in [0.2, 0.25) is 0 Å². The topological polar surface area (TPSA) is 32.9 Å². The zero-order valence-corrected chi connectivity index (χ0v) is 10.1. The zero-order chi connectivity index (χ0) is 14.3. The van der Waals surface area contributed by atoms with Gasteiger partial charge in [0.25, 0.3) is 0 Å². The van der Waals surface area contributed by atoms with Crippen LogP contribution in [0.25, 0.3) is 22.2 Å². The van der Waals surface area contributed by atoms with E-state index in [1.165, 1.54) is 24.3 Å². The Balaban J connectivity index is 2.30. The number of hydrogen-bond donors (Lipinski definition) is 1. The lowest BCUT2D eigenvalue weighted by Gasteiger charge is -2.01. The van der Waals surface area contributed by atoms with Gasteiger partial charge in [-0.15, -0.1) is 0 Å². The Bertz CT molecular complexity index is 823. The molecule has 1 N–H and O–H groups in total. The fourth-order valence-corrected chi connectivity index (χ4v) is 2.19. The second-order valence-corrected chi connectivity index (χ2v) is 4.35. The summed E-state index contributed by atoms with van der Waals surface area (Å²) in [4.78, 5) is 14.1. The average Bonchev–Trinajstić information content (AvgIpc) is 2.79. The monoisotopic (exact) mass is 275 g/mol. The Kier molecular flexibility index (Phi) is 2.82. The van der Waals surface area contributed by atoms with Crippen molar-refractivity contribution in [3.63, 3.8) is 0 Å². The number of halogens is 3. The van der Waals surface area contributed by atoms with E-state index < -0.39 is 17.5 Å². The molecule has 3 rings (SSSR count). The first kappa shape index (κ1) is 12.5. The van der Waals surface area contributed by atoms with E-state index in [9.17, 15) is 18.0 Å². The Morgan fingerprint density at radius 1 is 0.950 bits per heavy atom. The molecule has 100 valence electrons. The van der Waals surface area contributed by atoms with E-state index in [4.69, 9.17) is 0 Å². The highest BCUT2D eigenvalue weighted by Crippen LogP contribution is 2.30. The lowest BCUT2D eigenvalue weighted by Crippen LogP contribution is -1.88. The number of aromatic amines is 1. The van der Waals surface area contributed by atoms with Crippen molar-refractivity contribution in [2.45, 2.75) is 0 Å². The number of benzene rings is 2. The van der Waals surface area contributed by atoms with Crippen molar-refractivity contribution >= 4 is 17.2 Å². The second kappa shape index (κ2) is 4.52. The molecule has 1 aromatic heterocycles. The molecule has 3 aromatic rings. The molecular formula is C15H8F3NO. The van der Waals surface area contributed by atoms with E-state index in [1.807, 2.05) is 0 Å². The van der Waals surface area contributed by atoms with Crippen LogP contribution < -0.4 is 0 Å². The number of aromatic nitrogens is 1. The van der Waals surface area contributed by atoms with Crippen molar-refractivity contribution in [1.29, 1.82) is 0 Å². The normalized spacial score (nSPS) is 10.9. The number of hydrogen-bond acceptors (Lipinski definition) is 1. The highest BCUT2D eigenvalue weighted by atomic mass is 19.2. The fourth-order valence-electron chi connectivity index (χ4n) is 2.19. The number of carbonyl (C=O) groups excluding carboxylic acids is 1. The van der Waals surface area contributed by atoms with Gasteiger partial charge in [0.1, 0.15) is 5.82 Å². The van der Waals surface area contributed by atoms with E-state index in [0.29, 0.717) is 28.4 Å². The van der Waals surface area contributed by atoms with Crippen LogP contribution in [0, 0.1) is 17.5 Å². The molecule has 5 heteroatoms. The Morgan fingerprint density at radius 3 is 2.45 bits per heavy atom. The number of aldehydes is 1. The molecule has 0 amide bonds. The van der Waals surface area contributed by atoms with Crippen LogP contribution in [-0.2, 0) is 0 Å². The van der Waals surface area contributed by atoms with Crippen molar-refractivity contribution in [3.05, 3.63) is 59.4 Å². The number of carbonyl (C=O) groups is 1. The van der Waals surface area contributed by atoms with Crippen LogP contribution in [0.4, 0.5) is 13.2 Å². The smallest absolute Gasteiger partial charge is 0.159 e. The summed E-state index contributed by atoms with van der Waals surface area (Å²) < 4.78 is 39.5. The van der Waals surface area contributed by atoms with Gasteiger partial charge in [0.15, 0.2) is 17.9 Å². The lowest BCUT2D eigenvalue weighted by atomic mass is 10.1. The van der Waals surface area contributed by atoms with Gasteiger partial charge in [-0.1, -0.05) is 0 Å². The van der Waals surface area contributed by atoms with Crippen LogP contribution in [0.1, 0.15) is 10.4 Å². The molecule has 0 unspecified atom stereocenters. The van der Waals surface area contributed by atoms with E-state index in [2.05, 4.69) is 4.98 Å². The molecule has 20 heavy (non-hydrogen) atoms. The number of rotatable bonds is 2. The van der Waals surface area contributed by atoms with Crippen LogP contribution in [0.5, 0.6) is 0 Å². The predicted octanol–water partition coefficient (Wildman–Crippen LogP) is 4.06. The summed E-state index contributed by atoms with van der Waals surface area (Å²) in [5.74, 6) is -2.45. The van der Waals surface area contributed by atoms with Crippen molar-refractivity contribution in [2.24, 2.45) is 0 Å². The van der Waals surface area contributed by atoms with E-state index in [1.54, 1.807) is 0 Å². The summed E-state index contributed by atoms with van der Waals surface area (Å²) >= 11 is 0. The van der Waals surface area contributed by atoms with Gasteiger partial charge in [-0.3, -0.25) is 4.79 Å². The molecule has 0 saturated heterocycles. The standard InChI is InChI=1S/C15H8F3NO/c16-9-2-4-14-10(6-9)11(7-20)15(19-14)8-1-3-12(17)13(18)5-8/h1-7,19H. The van der Waals surface area contributed by atoms with Gasteiger partial charge in [-0.25, -0.2) is 13.2 Å². The maximum Gasteiger partial charge on any atom is 0.159 e. The van der Waals surface area contributed by atoms with Gasteiger partial charge >= 0.3 is 0 Å². The average molecular weight is 275 g/mol. The molecule has 2 nitrogen and oxygen atoms in total. The SMILES string of the molecule is O=Cc1c(-c2ccc(F)c(F)c2)[nH]c2ccc(F)cc12. The molecule has 0 spiro atoms. The minimum Gasteiger partial charge on any atom is -0.354 e. The fraction of sp³-hybridized carbons (Fsp3) is 0. The largest absolute Gasteiger partial charge is 0.354 e. The maximum absolute atomic E-state index is 13.3. The number of H-pyrrole nitrogens is 1. The molecule has 0 aliphatic carbocycles. The highest BCUT2D eigenvalue weighted by molar-refractivity contribution is 6.04. The Morgan fingerprint density at radius 2 is 1.75 bits per heavy atom. The van der Waals surface area contributed by atoms with Crippen LogP contribution in [0.2, 0.25) is 0 Å². The van der Waals surface area contributed by atoms with Gasteiger partial charge < -0.3 is 4.98 Å². The van der Waals surface area contributed by atoms with E-state index in [0.717, 1.165) is 12.1 Å². The van der Waals surface area contributed by atoms with Gasteiger partial charge in [0, 0.05) is 22.0 Å². The van der Waals surface area contributed by atoms with Crippen LogP contribution in [-0.4, -0.2) is 11.3 Å². The molecule has 0 atom stereocenters. The second-order valence-electron chi connectivity index (χ2n) is 4.35. The van der Waals surface area contributed by atoms with Crippen molar-refractivity contribution in [3.8, 4) is 11.3 Å². The first-order valence-electron chi connectivity index (χ1n) is 5.82. The van der Waals surface area contributed by atoms with Crippen LogP contribution >= 0.6 is 0 Å². The molecule has 2 aromatic carbocycles. The predicted molar refractivity (Wildman–Crippen MR) is 69.0 cm³/mol. The Labute approximate surface area is 111 Å². The number of fused-ring (bicyclic) bond motifs is 1. The first-order valence-corrected chi connectivity index (χ1v) is 5.82. The molecule has 0 radical (unpaired) electrons. The van der Waals surface area contributed by atoms with Gasteiger partial charge in [-0.2, -0.15) is 0 Å². The van der Waals surface area contributed by atoms with Crippen LogP contribution in [0.15, 0.2) is 36.4 Å². The van der Waals surface area contributed by atoms with Gasteiger partial charge in [0.05, 0.1) is 5.69 Å². The minimum atomic E-state index is -1.01. The molecular weight excluding hydrogens is 267 g/mol. The summed E-state index contributed by atoms with van der Waals surface area (Å²) in [6, 6.07) is 7.28. The molecule has 0 fully saturated rings. The lowest BCUT2D eigenvalue weighted by molar-refractivity contribution is 0.112. The summed E-state index contributed by atoms with van der Waals surface area (Å²) in [6.07, 6.45) is 0.564. The summed E-state index contributed by atoms with van der Waals surface area (Å²) in [5.41, 5.74) is 1.42. The van der Waals surface area contributed by atoms with Crippen molar-refractivity contribution < 1.29 is 18.0 Å². The van der Waals surface area contributed by atoms with E-state index >= 15 is 0 Å². The minimum absolute atomic E-state index is 0.213. The maximum atomic E-state index is 13.3. The molecule has 0 aliphatic heterocycles. The van der Waals surface area contributed by atoms with Gasteiger partial charge in [-0.05, 0) is 36.4 Å². The summed E-state index contributed by atoms with van der Waals surface area (Å²) in [6.45, 7) is 0. The zero-order valence-electron chi connectivity index (χ0n) is 10.1. The first-order chi connectivity index (χ1) is 9.60. The quantitative estimate of drug-likeness (QED) is 0.703. The number of nitrogens with one attached hydrogen (secondary N) is 1. The third kappa shape index (κ3) is 1.87. The molecule has 0 aliphatic rings. The third-order valence-corrected chi connectivity index (χ3v) is 3.13. The summed E-state index contributed by atoms with van der Waals surface area (Å²) in [5, 5.41) is 0.403. The molecule has 1 heterocycles. The van der Waals surface area contributed by atoms with E-state index in [-0.39, 0.29) is 5.56 Å². The molecule has 0 saturated carbocycles. The van der Waals surface area contributed by atoms with Crippen molar-refractivity contribution in [2.75, 3.05) is 0 Å². The molecule has 0 bridgehead atoms. The summed E-state index contributed by atoms with van der Waals surface area (Å²) in [7, 11) is 0.